The summed E-state index contributed by atoms with van der Waals surface area (Å²) < 4.78 is 10.8. The molecule has 1 saturated heterocycles. The Kier molecular flexibility index (Phi) is 5.11. The number of carbonyl (C=O) groups is 1. The predicted octanol–water partition coefficient (Wildman–Crippen LogP) is 1.59. The Hall–Kier alpha value is -1.43. The SMILES string of the molecule is CCCc1noc(CCC(=O)N2C[C@@H](C)O[C@H](C)C2)n1. The summed E-state index contributed by atoms with van der Waals surface area (Å²) in [7, 11) is 0. The van der Waals surface area contributed by atoms with Gasteiger partial charge in [-0.1, -0.05) is 12.1 Å². The highest BCUT2D eigenvalue weighted by molar-refractivity contribution is 5.76. The van der Waals surface area contributed by atoms with E-state index in [-0.39, 0.29) is 18.1 Å². The van der Waals surface area contributed by atoms with E-state index < -0.39 is 0 Å². The van der Waals surface area contributed by atoms with Gasteiger partial charge in [-0.05, 0) is 20.3 Å². The molecule has 6 nitrogen and oxygen atoms in total. The van der Waals surface area contributed by atoms with E-state index in [9.17, 15) is 4.79 Å². The van der Waals surface area contributed by atoms with Crippen LogP contribution in [0, 0.1) is 0 Å². The Morgan fingerprint density at radius 3 is 2.65 bits per heavy atom. The van der Waals surface area contributed by atoms with Crippen molar-refractivity contribution in [3.63, 3.8) is 0 Å². The summed E-state index contributed by atoms with van der Waals surface area (Å²) in [5, 5.41) is 3.89. The van der Waals surface area contributed by atoms with Crippen LogP contribution >= 0.6 is 0 Å². The van der Waals surface area contributed by atoms with Crippen molar-refractivity contribution in [1.82, 2.24) is 15.0 Å². The second kappa shape index (κ2) is 6.83. The van der Waals surface area contributed by atoms with Crippen molar-refractivity contribution in [2.24, 2.45) is 0 Å². The summed E-state index contributed by atoms with van der Waals surface area (Å²) in [6.45, 7) is 7.37. The lowest BCUT2D eigenvalue weighted by molar-refractivity contribution is -0.143. The fourth-order valence-corrected chi connectivity index (χ4v) is 2.47. The zero-order chi connectivity index (χ0) is 14.5. The van der Waals surface area contributed by atoms with E-state index in [4.69, 9.17) is 9.26 Å². The minimum Gasteiger partial charge on any atom is -0.372 e. The van der Waals surface area contributed by atoms with E-state index in [2.05, 4.69) is 17.1 Å². The van der Waals surface area contributed by atoms with Gasteiger partial charge in [0.25, 0.3) is 0 Å². The highest BCUT2D eigenvalue weighted by atomic mass is 16.5. The monoisotopic (exact) mass is 281 g/mol. The summed E-state index contributed by atoms with van der Waals surface area (Å²) in [6, 6.07) is 0. The Morgan fingerprint density at radius 2 is 2.00 bits per heavy atom. The molecule has 1 aliphatic rings. The maximum atomic E-state index is 12.2. The molecule has 2 rings (SSSR count). The van der Waals surface area contributed by atoms with E-state index in [1.165, 1.54) is 0 Å². The number of nitrogens with zero attached hydrogens (tertiary/aromatic N) is 3. The molecule has 1 amide bonds. The zero-order valence-electron chi connectivity index (χ0n) is 12.5. The maximum Gasteiger partial charge on any atom is 0.227 e. The van der Waals surface area contributed by atoms with E-state index >= 15 is 0 Å². The van der Waals surface area contributed by atoms with Crippen LogP contribution in [0.5, 0.6) is 0 Å². The van der Waals surface area contributed by atoms with Gasteiger partial charge in [-0.25, -0.2) is 0 Å². The first-order valence-electron chi connectivity index (χ1n) is 7.33. The number of amides is 1. The maximum absolute atomic E-state index is 12.2. The van der Waals surface area contributed by atoms with E-state index in [0.717, 1.165) is 18.7 Å². The molecule has 0 N–H and O–H groups in total. The molecule has 0 radical (unpaired) electrons. The van der Waals surface area contributed by atoms with Gasteiger partial charge in [0.05, 0.1) is 12.2 Å². The predicted molar refractivity (Wildman–Crippen MR) is 73.2 cm³/mol. The smallest absolute Gasteiger partial charge is 0.227 e. The lowest BCUT2D eigenvalue weighted by Gasteiger charge is -2.35. The summed E-state index contributed by atoms with van der Waals surface area (Å²) in [4.78, 5) is 18.3. The lowest BCUT2D eigenvalue weighted by Crippen LogP contribution is -2.48. The highest BCUT2D eigenvalue weighted by Gasteiger charge is 2.25. The first-order chi connectivity index (χ1) is 9.58. The molecule has 0 aromatic carbocycles. The topological polar surface area (TPSA) is 68.5 Å². The van der Waals surface area contributed by atoms with Crippen molar-refractivity contribution in [2.45, 2.75) is 58.7 Å². The van der Waals surface area contributed by atoms with Gasteiger partial charge in [0.15, 0.2) is 5.82 Å². The quantitative estimate of drug-likeness (QED) is 0.820. The molecule has 0 aliphatic carbocycles. The molecule has 0 spiro atoms. The van der Waals surface area contributed by atoms with Gasteiger partial charge in [0, 0.05) is 32.4 Å². The normalized spacial score (nSPS) is 23.1. The third-order valence-corrected chi connectivity index (χ3v) is 3.31. The Balaban J connectivity index is 1.81. The minimum absolute atomic E-state index is 0.0993. The van der Waals surface area contributed by atoms with Gasteiger partial charge in [-0.3, -0.25) is 4.79 Å². The molecule has 112 valence electrons. The Morgan fingerprint density at radius 1 is 1.30 bits per heavy atom. The highest BCUT2D eigenvalue weighted by Crippen LogP contribution is 2.13. The molecule has 0 saturated carbocycles. The van der Waals surface area contributed by atoms with Crippen molar-refractivity contribution in [1.29, 1.82) is 0 Å². The van der Waals surface area contributed by atoms with Gasteiger partial charge in [-0.15, -0.1) is 0 Å². The molecule has 1 fully saturated rings. The van der Waals surface area contributed by atoms with Crippen molar-refractivity contribution < 1.29 is 14.1 Å². The first-order valence-corrected chi connectivity index (χ1v) is 7.33. The van der Waals surface area contributed by atoms with Crippen LogP contribution in [-0.2, 0) is 22.4 Å². The van der Waals surface area contributed by atoms with Crippen molar-refractivity contribution in [2.75, 3.05) is 13.1 Å². The fraction of sp³-hybridized carbons (Fsp3) is 0.786. The summed E-state index contributed by atoms with van der Waals surface area (Å²) in [5.74, 6) is 1.40. The number of ether oxygens (including phenoxy) is 1. The third-order valence-electron chi connectivity index (χ3n) is 3.31. The second-order valence-corrected chi connectivity index (χ2v) is 5.41. The Bertz CT molecular complexity index is 437. The number of hydrogen-bond donors (Lipinski definition) is 0. The molecule has 1 aliphatic heterocycles. The number of morpholine rings is 1. The lowest BCUT2D eigenvalue weighted by atomic mass is 10.2. The van der Waals surface area contributed by atoms with E-state index in [1.54, 1.807) is 0 Å². The van der Waals surface area contributed by atoms with Crippen molar-refractivity contribution >= 4 is 5.91 Å². The van der Waals surface area contributed by atoms with E-state index in [0.29, 0.717) is 31.8 Å². The average molecular weight is 281 g/mol. The van der Waals surface area contributed by atoms with Crippen molar-refractivity contribution in [3.8, 4) is 0 Å². The molecular weight excluding hydrogens is 258 g/mol. The standard InChI is InChI=1S/C14H23N3O3/c1-4-5-12-15-13(20-16-12)6-7-14(18)17-8-10(2)19-11(3)9-17/h10-11H,4-9H2,1-3H3/t10-,11-/m1/s1. The minimum atomic E-state index is 0.0993. The van der Waals surface area contributed by atoms with Crippen LogP contribution in [0.4, 0.5) is 0 Å². The summed E-state index contributed by atoms with van der Waals surface area (Å²) >= 11 is 0. The molecular formula is C14H23N3O3. The first kappa shape index (κ1) is 15.0. The number of hydrogen-bond acceptors (Lipinski definition) is 5. The molecule has 6 heteroatoms. The van der Waals surface area contributed by atoms with Crippen LogP contribution in [-0.4, -0.2) is 46.2 Å². The van der Waals surface area contributed by atoms with Crippen LogP contribution < -0.4 is 0 Å². The Labute approximate surface area is 119 Å². The van der Waals surface area contributed by atoms with E-state index in [1.807, 2.05) is 18.7 Å². The zero-order valence-corrected chi connectivity index (χ0v) is 12.5. The molecule has 0 bridgehead atoms. The fourth-order valence-electron chi connectivity index (χ4n) is 2.47. The van der Waals surface area contributed by atoms with Gasteiger partial charge >= 0.3 is 0 Å². The van der Waals surface area contributed by atoms with Crippen LogP contribution in [0.15, 0.2) is 4.52 Å². The van der Waals surface area contributed by atoms with Gasteiger partial charge in [-0.2, -0.15) is 4.98 Å². The summed E-state index contributed by atoms with van der Waals surface area (Å²) in [5.41, 5.74) is 0. The third kappa shape index (κ3) is 4.03. The van der Waals surface area contributed by atoms with Gasteiger partial charge in [0.1, 0.15) is 0 Å². The van der Waals surface area contributed by atoms with Crippen LogP contribution in [0.1, 0.15) is 45.3 Å². The average Bonchev–Trinajstić information content (AvgIpc) is 2.83. The van der Waals surface area contributed by atoms with Crippen LogP contribution in [0.25, 0.3) is 0 Å². The summed E-state index contributed by atoms with van der Waals surface area (Å²) in [6.07, 6.45) is 2.92. The van der Waals surface area contributed by atoms with Crippen LogP contribution in [0.2, 0.25) is 0 Å². The largest absolute Gasteiger partial charge is 0.372 e. The molecule has 2 atom stereocenters. The molecule has 1 aromatic heterocycles. The van der Waals surface area contributed by atoms with Gasteiger partial charge in [0.2, 0.25) is 11.8 Å². The number of aromatic nitrogens is 2. The van der Waals surface area contributed by atoms with Gasteiger partial charge < -0.3 is 14.2 Å². The second-order valence-electron chi connectivity index (χ2n) is 5.41. The molecule has 20 heavy (non-hydrogen) atoms. The molecule has 0 unspecified atom stereocenters. The number of rotatable bonds is 5. The van der Waals surface area contributed by atoms with Crippen molar-refractivity contribution in [3.05, 3.63) is 11.7 Å². The molecule has 1 aromatic rings. The number of aryl methyl sites for hydroxylation is 2. The number of carbonyl (C=O) groups excluding carboxylic acids is 1. The van der Waals surface area contributed by atoms with Crippen LogP contribution in [0.3, 0.4) is 0 Å². The molecule has 2 heterocycles.